The fraction of sp³-hybridized carbons (Fsp3) is 0.357. The molecule has 0 atom stereocenters. The molecular formula is C14H14F3N3O3S2. The highest BCUT2D eigenvalue weighted by atomic mass is 32.2. The number of rotatable bonds is 8. The number of alkyl halides is 3. The Morgan fingerprint density at radius 3 is 2.80 bits per heavy atom. The van der Waals surface area contributed by atoms with E-state index < -0.39 is 17.6 Å². The Morgan fingerprint density at radius 2 is 2.16 bits per heavy atom. The summed E-state index contributed by atoms with van der Waals surface area (Å²) in [5, 5.41) is 9.85. The highest BCUT2D eigenvalue weighted by molar-refractivity contribution is 8.01. The van der Waals surface area contributed by atoms with Gasteiger partial charge >= 0.3 is 6.18 Å². The van der Waals surface area contributed by atoms with Crippen molar-refractivity contribution in [3.63, 3.8) is 0 Å². The first kappa shape index (κ1) is 19.5. The molecule has 136 valence electrons. The van der Waals surface area contributed by atoms with Gasteiger partial charge in [0, 0.05) is 7.11 Å². The molecule has 1 aromatic heterocycles. The van der Waals surface area contributed by atoms with Crippen LogP contribution in [0.1, 0.15) is 5.56 Å². The number of methoxy groups -OCH3 is 1. The van der Waals surface area contributed by atoms with Crippen molar-refractivity contribution >= 4 is 34.7 Å². The predicted octanol–water partition coefficient (Wildman–Crippen LogP) is 3.31. The third-order valence-electron chi connectivity index (χ3n) is 2.79. The maximum absolute atomic E-state index is 12.9. The highest BCUT2D eigenvalue weighted by Crippen LogP contribution is 2.35. The van der Waals surface area contributed by atoms with E-state index in [1.807, 2.05) is 0 Å². The number of aromatic nitrogens is 2. The zero-order valence-corrected chi connectivity index (χ0v) is 14.6. The minimum Gasteiger partial charge on any atom is -0.489 e. The molecule has 25 heavy (non-hydrogen) atoms. The Bertz CT molecular complexity index is 696. The lowest BCUT2D eigenvalue weighted by molar-refractivity contribution is -0.137. The molecule has 1 N–H and O–H groups in total. The number of thioether (sulfide) groups is 1. The Morgan fingerprint density at radius 1 is 1.36 bits per heavy atom. The van der Waals surface area contributed by atoms with Crippen LogP contribution in [0.4, 0.5) is 18.9 Å². The minimum absolute atomic E-state index is 0.0110. The van der Waals surface area contributed by atoms with Crippen molar-refractivity contribution in [1.82, 2.24) is 10.2 Å². The smallest absolute Gasteiger partial charge is 0.416 e. The fourth-order valence-corrected chi connectivity index (χ4v) is 2.99. The van der Waals surface area contributed by atoms with Gasteiger partial charge in [-0.1, -0.05) is 23.1 Å². The summed E-state index contributed by atoms with van der Waals surface area (Å²) < 4.78 is 49.4. The molecule has 0 bridgehead atoms. The SMILES string of the molecule is COCCOc1ccc(C(F)(F)F)cc1NC(=O)CSc1nncs1. The lowest BCUT2D eigenvalue weighted by Crippen LogP contribution is -2.16. The topological polar surface area (TPSA) is 73.3 Å². The number of nitrogens with zero attached hydrogens (tertiary/aromatic N) is 2. The molecule has 0 aliphatic heterocycles. The number of hydrogen-bond donors (Lipinski definition) is 1. The third kappa shape index (κ3) is 6.18. The number of carbonyl (C=O) groups excluding carboxylic acids is 1. The van der Waals surface area contributed by atoms with Crippen molar-refractivity contribution < 1.29 is 27.4 Å². The molecule has 2 aromatic rings. The highest BCUT2D eigenvalue weighted by Gasteiger charge is 2.31. The fourth-order valence-electron chi connectivity index (χ4n) is 1.70. The molecule has 0 saturated carbocycles. The van der Waals surface area contributed by atoms with E-state index in [9.17, 15) is 18.0 Å². The molecule has 11 heteroatoms. The van der Waals surface area contributed by atoms with Gasteiger partial charge in [0.1, 0.15) is 17.9 Å². The Balaban J connectivity index is 2.09. The lowest BCUT2D eigenvalue weighted by Gasteiger charge is -2.15. The number of anilines is 1. The van der Waals surface area contributed by atoms with E-state index in [1.54, 1.807) is 0 Å². The molecule has 1 heterocycles. The van der Waals surface area contributed by atoms with Gasteiger partial charge in [-0.25, -0.2) is 0 Å². The molecule has 1 aromatic carbocycles. The Labute approximate surface area is 149 Å². The largest absolute Gasteiger partial charge is 0.489 e. The molecule has 0 spiro atoms. The van der Waals surface area contributed by atoms with Crippen LogP contribution < -0.4 is 10.1 Å². The van der Waals surface area contributed by atoms with E-state index in [2.05, 4.69) is 15.5 Å². The van der Waals surface area contributed by atoms with Gasteiger partial charge in [-0.15, -0.1) is 10.2 Å². The van der Waals surface area contributed by atoms with Gasteiger partial charge in [0.05, 0.1) is 23.6 Å². The van der Waals surface area contributed by atoms with Crippen LogP contribution in [0.2, 0.25) is 0 Å². The maximum Gasteiger partial charge on any atom is 0.416 e. The summed E-state index contributed by atoms with van der Waals surface area (Å²) in [5.41, 5.74) is 0.599. The molecular weight excluding hydrogens is 379 g/mol. The van der Waals surface area contributed by atoms with E-state index in [-0.39, 0.29) is 30.4 Å². The number of amides is 1. The molecule has 0 aliphatic rings. The van der Waals surface area contributed by atoms with Crippen molar-refractivity contribution in [2.75, 3.05) is 31.4 Å². The van der Waals surface area contributed by atoms with Crippen molar-refractivity contribution in [2.24, 2.45) is 0 Å². The molecule has 0 radical (unpaired) electrons. The van der Waals surface area contributed by atoms with Crippen LogP contribution >= 0.6 is 23.1 Å². The van der Waals surface area contributed by atoms with Crippen molar-refractivity contribution in [3.8, 4) is 5.75 Å². The molecule has 0 aliphatic carbocycles. The van der Waals surface area contributed by atoms with Gasteiger partial charge in [0.25, 0.3) is 0 Å². The van der Waals surface area contributed by atoms with Crippen molar-refractivity contribution in [3.05, 3.63) is 29.3 Å². The Kier molecular flexibility index (Phi) is 7.02. The average Bonchev–Trinajstić information content (AvgIpc) is 3.07. The summed E-state index contributed by atoms with van der Waals surface area (Å²) in [7, 11) is 1.48. The van der Waals surface area contributed by atoms with Crippen LogP contribution in [0.5, 0.6) is 5.75 Å². The summed E-state index contributed by atoms with van der Waals surface area (Å²) in [5.74, 6) is -0.349. The second-order valence-corrected chi connectivity index (χ2v) is 6.65. The van der Waals surface area contributed by atoms with Gasteiger partial charge in [-0.3, -0.25) is 4.79 Å². The third-order valence-corrected chi connectivity index (χ3v) is 4.65. The number of ether oxygens (including phenoxy) is 2. The minimum atomic E-state index is -4.52. The molecule has 0 saturated heterocycles. The zero-order chi connectivity index (χ0) is 18.3. The van der Waals surface area contributed by atoms with Crippen LogP contribution in [0.3, 0.4) is 0 Å². The maximum atomic E-state index is 12.9. The van der Waals surface area contributed by atoms with Crippen molar-refractivity contribution in [2.45, 2.75) is 10.5 Å². The molecule has 1 amide bonds. The second-order valence-electron chi connectivity index (χ2n) is 4.59. The standard InChI is InChI=1S/C14H14F3N3O3S2/c1-22-4-5-23-11-3-2-9(14(15,16)17)6-10(11)19-12(21)7-24-13-20-18-8-25-13/h2-3,6,8H,4-5,7H2,1H3,(H,19,21). The van der Waals surface area contributed by atoms with Crippen LogP contribution in [0.15, 0.2) is 28.0 Å². The Hall–Kier alpha value is -1.85. The van der Waals surface area contributed by atoms with E-state index in [4.69, 9.17) is 9.47 Å². The van der Waals surface area contributed by atoms with Crippen LogP contribution in [0, 0.1) is 0 Å². The van der Waals surface area contributed by atoms with Crippen LogP contribution in [0.25, 0.3) is 0 Å². The normalized spacial score (nSPS) is 11.4. The van der Waals surface area contributed by atoms with Crippen LogP contribution in [-0.2, 0) is 15.7 Å². The van der Waals surface area contributed by atoms with Gasteiger partial charge in [-0.05, 0) is 18.2 Å². The number of hydrogen-bond acceptors (Lipinski definition) is 7. The number of carbonyl (C=O) groups is 1. The summed E-state index contributed by atoms with van der Waals surface area (Å²) >= 11 is 2.41. The number of halogens is 3. The van der Waals surface area contributed by atoms with E-state index in [0.29, 0.717) is 4.34 Å². The van der Waals surface area contributed by atoms with E-state index >= 15 is 0 Å². The van der Waals surface area contributed by atoms with Gasteiger partial charge < -0.3 is 14.8 Å². The van der Waals surface area contributed by atoms with Crippen LogP contribution in [-0.4, -0.2) is 42.2 Å². The molecule has 6 nitrogen and oxygen atoms in total. The predicted molar refractivity (Wildman–Crippen MR) is 88.1 cm³/mol. The summed E-state index contributed by atoms with van der Waals surface area (Å²) in [6, 6.07) is 2.91. The van der Waals surface area contributed by atoms with Crippen molar-refractivity contribution in [1.29, 1.82) is 0 Å². The first-order valence-electron chi connectivity index (χ1n) is 6.92. The summed E-state index contributed by atoms with van der Waals surface area (Å²) in [6.07, 6.45) is -4.52. The number of nitrogens with one attached hydrogen (secondary N) is 1. The first-order valence-corrected chi connectivity index (χ1v) is 8.78. The second kappa shape index (κ2) is 9.02. The van der Waals surface area contributed by atoms with Gasteiger partial charge in [0.15, 0.2) is 4.34 Å². The molecule has 0 unspecified atom stereocenters. The first-order chi connectivity index (χ1) is 11.9. The zero-order valence-electron chi connectivity index (χ0n) is 13.0. The summed E-state index contributed by atoms with van der Waals surface area (Å²) in [6.45, 7) is 0.408. The quantitative estimate of drug-likeness (QED) is 0.548. The monoisotopic (exact) mass is 393 g/mol. The molecule has 0 fully saturated rings. The average molecular weight is 393 g/mol. The van der Waals surface area contributed by atoms with Gasteiger partial charge in [0.2, 0.25) is 5.91 Å². The van der Waals surface area contributed by atoms with E-state index in [1.165, 1.54) is 30.0 Å². The molecule has 2 rings (SSSR count). The summed E-state index contributed by atoms with van der Waals surface area (Å²) in [4.78, 5) is 12.0. The van der Waals surface area contributed by atoms with Gasteiger partial charge in [-0.2, -0.15) is 13.2 Å². The number of benzene rings is 1. The van der Waals surface area contributed by atoms with E-state index in [0.717, 1.165) is 23.9 Å². The lowest BCUT2D eigenvalue weighted by atomic mass is 10.1.